The van der Waals surface area contributed by atoms with Gasteiger partial charge in [0.05, 0.1) is 11.2 Å². The second kappa shape index (κ2) is 4.88. The van der Waals surface area contributed by atoms with Crippen LogP contribution in [-0.4, -0.2) is 17.2 Å². The smallest absolute Gasteiger partial charge is 0.127 e. The predicted molar refractivity (Wildman–Crippen MR) is 75.6 cm³/mol. The van der Waals surface area contributed by atoms with Crippen molar-refractivity contribution in [2.24, 2.45) is 0 Å². The Labute approximate surface area is 115 Å². The number of hydrogen-bond donors (Lipinski definition) is 1. The van der Waals surface area contributed by atoms with Crippen LogP contribution in [0.15, 0.2) is 24.3 Å². The van der Waals surface area contributed by atoms with Gasteiger partial charge in [0.15, 0.2) is 0 Å². The molecule has 1 N–H and O–H groups in total. The number of hydrogen-bond acceptors (Lipinski definition) is 2. The van der Waals surface area contributed by atoms with Gasteiger partial charge in [-0.15, -0.1) is 0 Å². The van der Waals surface area contributed by atoms with Crippen LogP contribution in [0, 0.1) is 5.82 Å². The van der Waals surface area contributed by atoms with E-state index in [2.05, 4.69) is 33.0 Å². The van der Waals surface area contributed by atoms with E-state index in [1.54, 1.807) is 6.07 Å². The van der Waals surface area contributed by atoms with E-state index >= 15 is 0 Å². The molecule has 19 heavy (non-hydrogen) atoms. The summed E-state index contributed by atoms with van der Waals surface area (Å²) in [7, 11) is 0. The van der Waals surface area contributed by atoms with Crippen molar-refractivity contribution in [2.45, 2.75) is 64.3 Å². The molecule has 1 aromatic carbocycles. The summed E-state index contributed by atoms with van der Waals surface area (Å²) in [6.07, 6.45) is 0.929. The molecule has 1 saturated heterocycles. The number of halogens is 1. The largest absolute Gasteiger partial charge is 0.368 e. The minimum absolute atomic E-state index is 0.0250. The van der Waals surface area contributed by atoms with Crippen LogP contribution in [0.1, 0.15) is 52.6 Å². The van der Waals surface area contributed by atoms with Crippen LogP contribution in [0.25, 0.3) is 0 Å². The molecule has 0 amide bonds. The Bertz CT molecular complexity index is 456. The van der Waals surface area contributed by atoms with E-state index in [9.17, 15) is 4.39 Å². The Morgan fingerprint density at radius 2 is 1.89 bits per heavy atom. The third-order valence-corrected chi connectivity index (χ3v) is 3.90. The zero-order valence-corrected chi connectivity index (χ0v) is 12.5. The Balaban J connectivity index is 2.12. The molecule has 0 spiro atoms. The van der Waals surface area contributed by atoms with E-state index in [-0.39, 0.29) is 29.1 Å². The summed E-state index contributed by atoms with van der Waals surface area (Å²) in [5, 5.41) is 3.52. The van der Waals surface area contributed by atoms with Crippen molar-refractivity contribution in [1.29, 1.82) is 0 Å². The molecule has 2 rings (SSSR count). The maximum atomic E-state index is 13.8. The van der Waals surface area contributed by atoms with Crippen LogP contribution in [0.2, 0.25) is 0 Å². The average Bonchev–Trinajstić information content (AvgIpc) is 2.47. The van der Waals surface area contributed by atoms with Crippen molar-refractivity contribution < 1.29 is 9.13 Å². The fourth-order valence-electron chi connectivity index (χ4n) is 3.04. The quantitative estimate of drug-likeness (QED) is 0.897. The minimum atomic E-state index is -0.233. The Hall–Kier alpha value is -0.930. The topological polar surface area (TPSA) is 21.3 Å². The molecule has 1 heterocycles. The lowest BCUT2D eigenvalue weighted by atomic mass is 9.93. The van der Waals surface area contributed by atoms with Crippen molar-refractivity contribution >= 4 is 0 Å². The van der Waals surface area contributed by atoms with Gasteiger partial charge in [0.1, 0.15) is 5.82 Å². The molecule has 3 heteroatoms. The Kier molecular flexibility index (Phi) is 3.72. The number of nitrogens with one attached hydrogen (secondary N) is 1. The van der Waals surface area contributed by atoms with Gasteiger partial charge in [0, 0.05) is 17.6 Å². The van der Waals surface area contributed by atoms with Crippen LogP contribution in [0.4, 0.5) is 4.39 Å². The van der Waals surface area contributed by atoms with E-state index < -0.39 is 0 Å². The summed E-state index contributed by atoms with van der Waals surface area (Å²) in [5.41, 5.74) is 0.349. The molecule has 1 aliphatic heterocycles. The van der Waals surface area contributed by atoms with E-state index in [1.165, 1.54) is 6.07 Å². The molecule has 2 atom stereocenters. The standard InChI is InChI=1S/C16H24FNO/c1-11(12-8-6-7-9-13(12)17)18-14-10-15(2,3)19-16(14,4)5/h6-9,11,14,18H,10H2,1-5H3/t11-,14?/m1/s1. The summed E-state index contributed by atoms with van der Waals surface area (Å²) in [6, 6.07) is 7.13. The molecule has 0 bridgehead atoms. The molecule has 0 saturated carbocycles. The maximum absolute atomic E-state index is 13.8. The summed E-state index contributed by atoms with van der Waals surface area (Å²) < 4.78 is 19.8. The first-order valence-electron chi connectivity index (χ1n) is 6.92. The second-order valence-electron chi connectivity index (χ2n) is 6.63. The van der Waals surface area contributed by atoms with Gasteiger partial charge in [-0.25, -0.2) is 4.39 Å². The first-order valence-corrected chi connectivity index (χ1v) is 6.92. The molecule has 1 unspecified atom stereocenters. The molecule has 0 radical (unpaired) electrons. The van der Waals surface area contributed by atoms with Crippen molar-refractivity contribution in [1.82, 2.24) is 5.32 Å². The SMILES string of the molecule is C[C@@H](NC1CC(C)(C)OC1(C)C)c1ccccc1F. The third-order valence-electron chi connectivity index (χ3n) is 3.90. The van der Waals surface area contributed by atoms with Gasteiger partial charge in [-0.2, -0.15) is 0 Å². The zero-order chi connectivity index (χ0) is 14.3. The van der Waals surface area contributed by atoms with Crippen molar-refractivity contribution in [3.05, 3.63) is 35.6 Å². The van der Waals surface area contributed by atoms with Crippen LogP contribution >= 0.6 is 0 Å². The van der Waals surface area contributed by atoms with Gasteiger partial charge < -0.3 is 10.1 Å². The fraction of sp³-hybridized carbons (Fsp3) is 0.625. The van der Waals surface area contributed by atoms with Gasteiger partial charge in [0.2, 0.25) is 0 Å². The lowest BCUT2D eigenvalue weighted by molar-refractivity contribution is -0.0704. The van der Waals surface area contributed by atoms with Gasteiger partial charge in [-0.1, -0.05) is 18.2 Å². The van der Waals surface area contributed by atoms with Gasteiger partial charge in [0.25, 0.3) is 0 Å². The molecule has 1 fully saturated rings. The molecule has 0 aliphatic carbocycles. The number of rotatable bonds is 3. The highest BCUT2D eigenvalue weighted by Gasteiger charge is 2.46. The molecule has 1 aromatic rings. The molecule has 106 valence electrons. The number of benzene rings is 1. The summed E-state index contributed by atoms with van der Waals surface area (Å²) in [6.45, 7) is 10.4. The van der Waals surface area contributed by atoms with Gasteiger partial charge >= 0.3 is 0 Å². The second-order valence-corrected chi connectivity index (χ2v) is 6.63. The average molecular weight is 265 g/mol. The van der Waals surface area contributed by atoms with Crippen LogP contribution in [0.5, 0.6) is 0 Å². The predicted octanol–water partition coefficient (Wildman–Crippen LogP) is 3.82. The summed E-state index contributed by atoms with van der Waals surface area (Å²) in [5.74, 6) is -0.154. The summed E-state index contributed by atoms with van der Waals surface area (Å²) in [4.78, 5) is 0. The number of ether oxygens (including phenoxy) is 1. The molecular formula is C16H24FNO. The van der Waals surface area contributed by atoms with Gasteiger partial charge in [-0.05, 0) is 47.1 Å². The normalized spacial score (nSPS) is 26.3. The van der Waals surface area contributed by atoms with E-state index in [0.717, 1.165) is 6.42 Å². The Morgan fingerprint density at radius 3 is 2.42 bits per heavy atom. The Morgan fingerprint density at radius 1 is 1.26 bits per heavy atom. The fourth-order valence-corrected chi connectivity index (χ4v) is 3.04. The van der Waals surface area contributed by atoms with Crippen molar-refractivity contribution in [2.75, 3.05) is 0 Å². The van der Waals surface area contributed by atoms with Crippen molar-refractivity contribution in [3.8, 4) is 0 Å². The summed E-state index contributed by atoms with van der Waals surface area (Å²) >= 11 is 0. The van der Waals surface area contributed by atoms with Crippen LogP contribution < -0.4 is 5.32 Å². The first kappa shape index (κ1) is 14.5. The van der Waals surface area contributed by atoms with Crippen LogP contribution in [0.3, 0.4) is 0 Å². The first-order chi connectivity index (χ1) is 8.71. The van der Waals surface area contributed by atoms with Gasteiger partial charge in [-0.3, -0.25) is 0 Å². The lowest BCUT2D eigenvalue weighted by Gasteiger charge is -2.30. The lowest BCUT2D eigenvalue weighted by Crippen LogP contribution is -2.44. The van der Waals surface area contributed by atoms with E-state index in [4.69, 9.17) is 4.74 Å². The molecule has 0 aromatic heterocycles. The monoisotopic (exact) mass is 265 g/mol. The highest BCUT2D eigenvalue weighted by Crippen LogP contribution is 2.38. The molecule has 2 nitrogen and oxygen atoms in total. The maximum Gasteiger partial charge on any atom is 0.127 e. The highest BCUT2D eigenvalue weighted by atomic mass is 19.1. The van der Waals surface area contributed by atoms with E-state index in [0.29, 0.717) is 5.56 Å². The third kappa shape index (κ3) is 3.15. The highest BCUT2D eigenvalue weighted by molar-refractivity contribution is 5.21. The molecular weight excluding hydrogens is 241 g/mol. The minimum Gasteiger partial charge on any atom is -0.368 e. The zero-order valence-electron chi connectivity index (χ0n) is 12.5. The van der Waals surface area contributed by atoms with Crippen molar-refractivity contribution in [3.63, 3.8) is 0 Å². The molecule has 1 aliphatic rings. The van der Waals surface area contributed by atoms with E-state index in [1.807, 2.05) is 19.1 Å². The van der Waals surface area contributed by atoms with Crippen LogP contribution in [-0.2, 0) is 4.74 Å².